The molecule has 0 aromatic carbocycles. The van der Waals surface area contributed by atoms with E-state index in [-0.39, 0.29) is 17.5 Å². The summed E-state index contributed by atoms with van der Waals surface area (Å²) >= 11 is 0. The summed E-state index contributed by atoms with van der Waals surface area (Å²) < 4.78 is 22.9. The van der Waals surface area contributed by atoms with Gasteiger partial charge in [-0.1, -0.05) is 19.8 Å². The fourth-order valence-corrected chi connectivity index (χ4v) is 5.07. The molecule has 0 bridgehead atoms. The van der Waals surface area contributed by atoms with Gasteiger partial charge in [-0.25, -0.2) is 8.42 Å². The quantitative estimate of drug-likeness (QED) is 0.806. The first-order valence-electron chi connectivity index (χ1n) is 7.14. The molecule has 2 fully saturated rings. The predicted octanol–water partition coefficient (Wildman–Crippen LogP) is 1.09. The van der Waals surface area contributed by atoms with Gasteiger partial charge in [-0.05, 0) is 31.6 Å². The standard InChI is InChI=1S/C13H25NO3S/c1-2-3-10-4-6-11(7-5-10)14-12-8-18(16,17)9-13(12)15/h10-15H,2-9H2,1H3. The first kappa shape index (κ1) is 14.3. The van der Waals surface area contributed by atoms with Crippen molar-refractivity contribution in [2.45, 2.75) is 63.6 Å². The van der Waals surface area contributed by atoms with Crippen LogP contribution in [0.5, 0.6) is 0 Å². The summed E-state index contributed by atoms with van der Waals surface area (Å²) in [5, 5.41) is 13.1. The molecule has 0 amide bonds. The molecule has 1 aliphatic heterocycles. The molecule has 0 radical (unpaired) electrons. The third kappa shape index (κ3) is 3.68. The normalized spacial score (nSPS) is 39.9. The SMILES string of the molecule is CCCC1CCC(NC2CS(=O)(=O)CC2O)CC1. The molecule has 0 aromatic heterocycles. The lowest BCUT2D eigenvalue weighted by Gasteiger charge is -2.31. The monoisotopic (exact) mass is 275 g/mol. The van der Waals surface area contributed by atoms with Crippen LogP contribution in [-0.2, 0) is 9.84 Å². The third-order valence-corrected chi connectivity index (χ3v) is 6.03. The zero-order valence-corrected chi connectivity index (χ0v) is 12.0. The Bertz CT molecular complexity index is 360. The fraction of sp³-hybridized carbons (Fsp3) is 1.00. The molecule has 2 atom stereocenters. The highest BCUT2D eigenvalue weighted by molar-refractivity contribution is 7.91. The molecule has 2 N–H and O–H groups in total. The van der Waals surface area contributed by atoms with E-state index in [4.69, 9.17) is 0 Å². The smallest absolute Gasteiger partial charge is 0.154 e. The Hall–Kier alpha value is -0.130. The van der Waals surface area contributed by atoms with Gasteiger partial charge < -0.3 is 10.4 Å². The van der Waals surface area contributed by atoms with Crippen LogP contribution in [-0.4, -0.2) is 43.2 Å². The number of nitrogens with one attached hydrogen (secondary N) is 1. The highest BCUT2D eigenvalue weighted by atomic mass is 32.2. The fourth-order valence-electron chi connectivity index (χ4n) is 3.32. The zero-order valence-electron chi connectivity index (χ0n) is 11.1. The Morgan fingerprint density at radius 3 is 2.33 bits per heavy atom. The summed E-state index contributed by atoms with van der Waals surface area (Å²) in [6.45, 7) is 2.23. The first-order chi connectivity index (χ1) is 8.50. The van der Waals surface area contributed by atoms with E-state index in [0.717, 1.165) is 18.8 Å². The van der Waals surface area contributed by atoms with Crippen molar-refractivity contribution in [2.75, 3.05) is 11.5 Å². The van der Waals surface area contributed by atoms with Gasteiger partial charge in [0.1, 0.15) is 0 Å². The molecule has 2 rings (SSSR count). The second-order valence-corrected chi connectivity index (χ2v) is 8.08. The van der Waals surface area contributed by atoms with Gasteiger partial charge in [0.2, 0.25) is 0 Å². The van der Waals surface area contributed by atoms with Crippen LogP contribution in [0.15, 0.2) is 0 Å². The number of hydrogen-bond acceptors (Lipinski definition) is 4. The Kier molecular flexibility index (Phi) is 4.67. The van der Waals surface area contributed by atoms with Crippen molar-refractivity contribution in [1.82, 2.24) is 5.32 Å². The van der Waals surface area contributed by atoms with Crippen LogP contribution < -0.4 is 5.32 Å². The van der Waals surface area contributed by atoms with Gasteiger partial charge >= 0.3 is 0 Å². The van der Waals surface area contributed by atoms with E-state index in [0.29, 0.717) is 6.04 Å². The number of rotatable bonds is 4. The van der Waals surface area contributed by atoms with Gasteiger partial charge in [-0.15, -0.1) is 0 Å². The molecular formula is C13H25NO3S. The molecule has 1 heterocycles. The number of hydrogen-bond donors (Lipinski definition) is 2. The Morgan fingerprint density at radius 1 is 1.17 bits per heavy atom. The van der Waals surface area contributed by atoms with Crippen LogP contribution in [0, 0.1) is 5.92 Å². The van der Waals surface area contributed by atoms with Crippen LogP contribution in [0.3, 0.4) is 0 Å². The van der Waals surface area contributed by atoms with Crippen LogP contribution in [0.1, 0.15) is 45.4 Å². The second-order valence-electron chi connectivity index (χ2n) is 5.92. The van der Waals surface area contributed by atoms with E-state index in [1.807, 2.05) is 0 Å². The van der Waals surface area contributed by atoms with Crippen LogP contribution in [0.4, 0.5) is 0 Å². The second kappa shape index (κ2) is 5.88. The molecule has 106 valence electrons. The zero-order chi connectivity index (χ0) is 13.2. The van der Waals surface area contributed by atoms with Crippen molar-refractivity contribution < 1.29 is 13.5 Å². The molecule has 1 aliphatic carbocycles. The molecule has 1 saturated carbocycles. The molecule has 4 nitrogen and oxygen atoms in total. The Balaban J connectivity index is 1.78. The molecule has 2 aliphatic rings. The van der Waals surface area contributed by atoms with Crippen molar-refractivity contribution in [3.05, 3.63) is 0 Å². The average molecular weight is 275 g/mol. The number of sulfone groups is 1. The van der Waals surface area contributed by atoms with E-state index in [9.17, 15) is 13.5 Å². The molecule has 5 heteroatoms. The van der Waals surface area contributed by atoms with Gasteiger partial charge in [-0.3, -0.25) is 0 Å². The van der Waals surface area contributed by atoms with E-state index >= 15 is 0 Å². The maximum Gasteiger partial charge on any atom is 0.154 e. The van der Waals surface area contributed by atoms with Crippen molar-refractivity contribution in [1.29, 1.82) is 0 Å². The van der Waals surface area contributed by atoms with Crippen molar-refractivity contribution in [2.24, 2.45) is 5.92 Å². The summed E-state index contributed by atoms with van der Waals surface area (Å²) in [6.07, 6.45) is 6.56. The highest BCUT2D eigenvalue weighted by Crippen LogP contribution is 2.28. The highest BCUT2D eigenvalue weighted by Gasteiger charge is 2.37. The number of aliphatic hydroxyl groups excluding tert-OH is 1. The van der Waals surface area contributed by atoms with Crippen LogP contribution >= 0.6 is 0 Å². The maximum absolute atomic E-state index is 11.4. The van der Waals surface area contributed by atoms with Crippen molar-refractivity contribution in [3.63, 3.8) is 0 Å². The Morgan fingerprint density at radius 2 is 1.83 bits per heavy atom. The molecule has 18 heavy (non-hydrogen) atoms. The van der Waals surface area contributed by atoms with Gasteiger partial charge in [0.15, 0.2) is 9.84 Å². The molecular weight excluding hydrogens is 250 g/mol. The first-order valence-corrected chi connectivity index (χ1v) is 8.97. The van der Waals surface area contributed by atoms with Gasteiger partial charge in [0.25, 0.3) is 0 Å². The molecule has 2 unspecified atom stereocenters. The average Bonchev–Trinajstić information content (AvgIpc) is 2.55. The minimum atomic E-state index is -3.03. The van der Waals surface area contributed by atoms with Gasteiger partial charge in [0, 0.05) is 12.1 Å². The van der Waals surface area contributed by atoms with Crippen LogP contribution in [0.2, 0.25) is 0 Å². The van der Waals surface area contributed by atoms with Crippen molar-refractivity contribution >= 4 is 9.84 Å². The summed E-state index contributed by atoms with van der Waals surface area (Å²) in [4.78, 5) is 0. The molecule has 1 saturated heterocycles. The van der Waals surface area contributed by atoms with E-state index in [1.54, 1.807) is 0 Å². The summed E-state index contributed by atoms with van der Waals surface area (Å²) in [6, 6.07) is 0.147. The molecule has 0 spiro atoms. The maximum atomic E-state index is 11.4. The lowest BCUT2D eigenvalue weighted by molar-refractivity contribution is 0.149. The largest absolute Gasteiger partial charge is 0.390 e. The van der Waals surface area contributed by atoms with Crippen LogP contribution in [0.25, 0.3) is 0 Å². The van der Waals surface area contributed by atoms with E-state index < -0.39 is 15.9 Å². The number of aliphatic hydroxyl groups is 1. The van der Waals surface area contributed by atoms with Gasteiger partial charge in [-0.2, -0.15) is 0 Å². The van der Waals surface area contributed by atoms with E-state index in [1.165, 1.54) is 25.7 Å². The predicted molar refractivity (Wildman–Crippen MR) is 72.2 cm³/mol. The lowest BCUT2D eigenvalue weighted by Crippen LogP contribution is -2.46. The summed E-state index contributed by atoms with van der Waals surface area (Å²) in [5.74, 6) is 0.879. The summed E-state index contributed by atoms with van der Waals surface area (Å²) in [5.41, 5.74) is 0. The third-order valence-electron chi connectivity index (χ3n) is 4.32. The topological polar surface area (TPSA) is 66.4 Å². The minimum absolute atomic E-state index is 0.0736. The van der Waals surface area contributed by atoms with Gasteiger partial charge in [0.05, 0.1) is 17.6 Å². The lowest BCUT2D eigenvalue weighted by atomic mass is 9.83. The Labute approximate surface area is 110 Å². The van der Waals surface area contributed by atoms with Crippen molar-refractivity contribution in [3.8, 4) is 0 Å². The molecule has 0 aromatic rings. The van der Waals surface area contributed by atoms with E-state index in [2.05, 4.69) is 12.2 Å². The minimum Gasteiger partial charge on any atom is -0.390 e. The summed E-state index contributed by atoms with van der Waals surface area (Å²) in [7, 11) is -3.03.